The summed E-state index contributed by atoms with van der Waals surface area (Å²) in [5, 5.41) is 21.9. The van der Waals surface area contributed by atoms with Crippen LogP contribution in [-0.2, 0) is 4.79 Å². The fourth-order valence-electron chi connectivity index (χ4n) is 6.72. The summed E-state index contributed by atoms with van der Waals surface area (Å²) in [5.74, 6) is 2.51. The van der Waals surface area contributed by atoms with Crippen molar-refractivity contribution in [1.82, 2.24) is 25.7 Å². The molecule has 1 aromatic carbocycles. The molecule has 0 radical (unpaired) electrons. The summed E-state index contributed by atoms with van der Waals surface area (Å²) in [6.07, 6.45) is 3.76. The van der Waals surface area contributed by atoms with Crippen LogP contribution in [0.25, 0.3) is 10.4 Å². The average Bonchev–Trinajstić information content (AvgIpc) is 3.79. The molecule has 240 valence electrons. The van der Waals surface area contributed by atoms with Crippen molar-refractivity contribution in [3.63, 3.8) is 0 Å². The molecule has 2 aromatic heterocycles. The van der Waals surface area contributed by atoms with Crippen molar-refractivity contribution in [3.8, 4) is 10.4 Å². The Morgan fingerprint density at radius 1 is 1.16 bits per heavy atom. The second-order valence-electron chi connectivity index (χ2n) is 12.8. The molecule has 3 N–H and O–H groups in total. The quantitative estimate of drug-likeness (QED) is 0.229. The molecule has 9 nitrogen and oxygen atoms in total. The van der Waals surface area contributed by atoms with E-state index in [1.54, 1.807) is 11.3 Å². The number of amides is 1. The number of nitrogens with zero attached hydrogens (tertiary/aromatic N) is 4. The zero-order valence-electron chi connectivity index (χ0n) is 27.0. The van der Waals surface area contributed by atoms with E-state index in [4.69, 9.17) is 4.52 Å². The summed E-state index contributed by atoms with van der Waals surface area (Å²) in [6, 6.07) is 10.1. The van der Waals surface area contributed by atoms with Crippen LogP contribution < -0.4 is 15.5 Å². The normalized spacial score (nSPS) is 22.1. The molecule has 10 heteroatoms. The van der Waals surface area contributed by atoms with E-state index in [1.165, 1.54) is 4.88 Å². The molecule has 5 rings (SSSR count). The van der Waals surface area contributed by atoms with Crippen molar-refractivity contribution in [2.24, 2.45) is 5.92 Å². The maximum atomic E-state index is 13.8. The summed E-state index contributed by atoms with van der Waals surface area (Å²) in [5.41, 5.74) is 5.10. The lowest BCUT2D eigenvalue weighted by Crippen LogP contribution is -2.49. The molecule has 4 heterocycles. The van der Waals surface area contributed by atoms with Gasteiger partial charge in [-0.1, -0.05) is 56.6 Å². The lowest BCUT2D eigenvalue weighted by atomic mass is 9.88. The first-order valence-corrected chi connectivity index (χ1v) is 17.3. The van der Waals surface area contributed by atoms with Gasteiger partial charge in [0.2, 0.25) is 5.91 Å². The Kier molecular flexibility index (Phi) is 11.1. The highest BCUT2D eigenvalue weighted by Gasteiger charge is 2.41. The first kappa shape index (κ1) is 32.6. The minimum absolute atomic E-state index is 0.0145. The fourth-order valence-corrected chi connectivity index (χ4v) is 7.53. The molecule has 1 amide bonds. The molecule has 0 spiro atoms. The number of rotatable bonds is 13. The molecule has 44 heavy (non-hydrogen) atoms. The molecule has 6 atom stereocenters. The summed E-state index contributed by atoms with van der Waals surface area (Å²) in [7, 11) is 0. The largest absolute Gasteiger partial charge is 0.392 e. The van der Waals surface area contributed by atoms with E-state index in [0.717, 1.165) is 80.3 Å². The van der Waals surface area contributed by atoms with E-state index < -0.39 is 6.10 Å². The number of benzene rings is 1. The van der Waals surface area contributed by atoms with Crippen molar-refractivity contribution in [2.75, 3.05) is 37.6 Å². The Bertz CT molecular complexity index is 1340. The summed E-state index contributed by atoms with van der Waals surface area (Å²) in [6.45, 7) is 15.0. The summed E-state index contributed by atoms with van der Waals surface area (Å²) in [4.78, 5) is 23.9. The van der Waals surface area contributed by atoms with Crippen molar-refractivity contribution >= 4 is 23.1 Å². The molecule has 2 saturated heterocycles. The molecular weight excluding hydrogens is 572 g/mol. The first-order chi connectivity index (χ1) is 21.3. The summed E-state index contributed by atoms with van der Waals surface area (Å²) >= 11 is 1.64. The molecule has 2 fully saturated rings. The molecule has 3 aromatic rings. The third-order valence-corrected chi connectivity index (χ3v) is 10.6. The number of carbonyl (C=O) groups is 1. The number of nitrogens with one attached hydrogen (secondary N) is 2. The molecule has 0 aliphatic carbocycles. The predicted molar refractivity (Wildman–Crippen MR) is 177 cm³/mol. The van der Waals surface area contributed by atoms with E-state index in [9.17, 15) is 9.90 Å². The van der Waals surface area contributed by atoms with Crippen LogP contribution in [0, 0.1) is 12.8 Å². The van der Waals surface area contributed by atoms with Gasteiger partial charge in [-0.3, -0.25) is 9.69 Å². The van der Waals surface area contributed by atoms with Gasteiger partial charge in [0.25, 0.3) is 0 Å². The van der Waals surface area contributed by atoms with E-state index in [0.29, 0.717) is 18.9 Å². The van der Waals surface area contributed by atoms with Crippen LogP contribution in [0.5, 0.6) is 0 Å². The van der Waals surface area contributed by atoms with Crippen LogP contribution in [0.1, 0.15) is 88.8 Å². The molecule has 2 aliphatic heterocycles. The number of thiazole rings is 1. The minimum atomic E-state index is -0.521. The van der Waals surface area contributed by atoms with E-state index in [-0.39, 0.29) is 30.0 Å². The Hall–Kier alpha value is -2.79. The lowest BCUT2D eigenvalue weighted by Gasteiger charge is -2.36. The zero-order valence-corrected chi connectivity index (χ0v) is 27.8. The average molecular weight is 623 g/mol. The molecule has 0 saturated carbocycles. The number of likely N-dealkylation sites (tertiary alicyclic amines) is 1. The highest BCUT2D eigenvalue weighted by Crippen LogP contribution is 2.35. The number of β-amino-alcohol motifs (C(OH)–C–C–N with tert-alkyl or cyclic N) is 1. The van der Waals surface area contributed by atoms with Crippen LogP contribution in [0.2, 0.25) is 0 Å². The van der Waals surface area contributed by atoms with Gasteiger partial charge in [0.05, 0.1) is 34.3 Å². The number of aliphatic hydroxyl groups excluding tert-OH is 1. The number of aromatic nitrogens is 2. The molecule has 2 aliphatic rings. The van der Waals surface area contributed by atoms with Crippen LogP contribution in [0.4, 0.5) is 5.82 Å². The Balaban J connectivity index is 1.29. The number of anilines is 1. The topological polar surface area (TPSA) is 107 Å². The molecule has 4 unspecified atom stereocenters. The SMILES string of the molecule is CCC(C)CC(CC(CC)c1cc(N2CCNCC2)no1)N1C[C@H](O)C[C@H]1C(=O)NC(C)c1ccc(-c2scnc2C)cc1. The van der Waals surface area contributed by atoms with Crippen molar-refractivity contribution in [3.05, 3.63) is 52.9 Å². The second-order valence-corrected chi connectivity index (χ2v) is 13.6. The van der Waals surface area contributed by atoms with Crippen LogP contribution in [-0.4, -0.2) is 77.0 Å². The third kappa shape index (κ3) is 7.70. The fraction of sp³-hybridized carbons (Fsp3) is 0.618. The van der Waals surface area contributed by atoms with E-state index >= 15 is 0 Å². The standard InChI is InChI=1S/C34H50N6O3S/c1-6-22(3)16-28(17-25(7-2)31-19-32(38-43-31)39-14-12-35-13-15-39)40-20-29(41)18-30(40)34(42)37-23(4)26-8-10-27(11-9-26)33-24(5)36-21-44-33/h8-11,19,21-23,25,28-30,35,41H,6-7,12-18,20H2,1-5H3,(H,37,42)/t22?,23?,25?,28?,29-,30+/m1/s1. The van der Waals surface area contributed by atoms with Gasteiger partial charge in [-0.25, -0.2) is 4.98 Å². The van der Waals surface area contributed by atoms with E-state index in [1.807, 2.05) is 19.4 Å². The maximum Gasteiger partial charge on any atom is 0.237 e. The summed E-state index contributed by atoms with van der Waals surface area (Å²) < 4.78 is 5.94. The Labute approximate surface area is 266 Å². The van der Waals surface area contributed by atoms with Gasteiger partial charge in [0, 0.05) is 50.7 Å². The van der Waals surface area contributed by atoms with Crippen molar-refractivity contribution in [2.45, 2.75) is 96.9 Å². The van der Waals surface area contributed by atoms with Crippen LogP contribution >= 0.6 is 11.3 Å². The van der Waals surface area contributed by atoms with Gasteiger partial charge in [0.1, 0.15) is 5.76 Å². The van der Waals surface area contributed by atoms with Gasteiger partial charge in [-0.2, -0.15) is 0 Å². The van der Waals surface area contributed by atoms with Gasteiger partial charge < -0.3 is 25.2 Å². The highest BCUT2D eigenvalue weighted by molar-refractivity contribution is 7.13. The third-order valence-electron chi connectivity index (χ3n) is 9.65. The number of carbonyl (C=O) groups excluding carboxylic acids is 1. The number of hydrogen-bond donors (Lipinski definition) is 3. The Morgan fingerprint density at radius 3 is 2.57 bits per heavy atom. The Morgan fingerprint density at radius 2 is 1.91 bits per heavy atom. The van der Waals surface area contributed by atoms with Crippen molar-refractivity contribution in [1.29, 1.82) is 0 Å². The zero-order chi connectivity index (χ0) is 31.2. The number of hydrogen-bond acceptors (Lipinski definition) is 9. The van der Waals surface area contributed by atoms with Gasteiger partial charge in [0.15, 0.2) is 5.82 Å². The lowest BCUT2D eigenvalue weighted by molar-refractivity contribution is -0.127. The van der Waals surface area contributed by atoms with Gasteiger partial charge in [-0.15, -0.1) is 11.3 Å². The second kappa shape index (κ2) is 15.0. The monoisotopic (exact) mass is 622 g/mol. The van der Waals surface area contributed by atoms with E-state index in [2.05, 4.69) is 81.7 Å². The molecular formula is C34H50N6O3S. The smallest absolute Gasteiger partial charge is 0.237 e. The van der Waals surface area contributed by atoms with Crippen LogP contribution in [0.15, 0.2) is 40.4 Å². The predicted octanol–water partition coefficient (Wildman–Crippen LogP) is 5.52. The maximum absolute atomic E-state index is 13.8. The van der Waals surface area contributed by atoms with Gasteiger partial charge in [-0.05, 0) is 56.6 Å². The first-order valence-electron chi connectivity index (χ1n) is 16.4. The number of aryl methyl sites for hydroxylation is 1. The highest BCUT2D eigenvalue weighted by atomic mass is 32.1. The number of piperazine rings is 1. The molecule has 0 bridgehead atoms. The number of aliphatic hydroxyl groups is 1. The van der Waals surface area contributed by atoms with Crippen molar-refractivity contribution < 1.29 is 14.4 Å². The minimum Gasteiger partial charge on any atom is -0.392 e. The van der Waals surface area contributed by atoms with Crippen LogP contribution in [0.3, 0.4) is 0 Å². The van der Waals surface area contributed by atoms with Gasteiger partial charge >= 0.3 is 0 Å².